The van der Waals surface area contributed by atoms with Crippen LogP contribution < -0.4 is 20.5 Å². The fourth-order valence-electron chi connectivity index (χ4n) is 5.04. The van der Waals surface area contributed by atoms with E-state index in [1.54, 1.807) is 54.6 Å². The first-order chi connectivity index (χ1) is 20.3. The number of carbonyl (C=O) groups excluding carboxylic acids is 2. The topological polar surface area (TPSA) is 128 Å². The van der Waals surface area contributed by atoms with Crippen LogP contribution in [-0.4, -0.2) is 29.5 Å². The Kier molecular flexibility index (Phi) is 8.47. The normalized spacial score (nSPS) is 13.9. The Labute approximate surface area is 241 Å². The lowest BCUT2D eigenvalue weighted by atomic mass is 9.96. The van der Waals surface area contributed by atoms with Crippen LogP contribution in [-0.2, 0) is 29.0 Å². The van der Waals surface area contributed by atoms with Gasteiger partial charge in [0.25, 0.3) is 5.91 Å². The highest BCUT2D eigenvalue weighted by atomic mass is 19.1. The number of rotatable bonds is 10. The van der Waals surface area contributed by atoms with Gasteiger partial charge in [-0.15, -0.1) is 0 Å². The van der Waals surface area contributed by atoms with Crippen LogP contribution in [0.1, 0.15) is 45.1 Å². The van der Waals surface area contributed by atoms with Gasteiger partial charge in [0.1, 0.15) is 23.9 Å². The molecule has 4 N–H and O–H groups in total. The maximum Gasteiger partial charge on any atom is 0.307 e. The van der Waals surface area contributed by atoms with Gasteiger partial charge in [0.2, 0.25) is 5.91 Å². The summed E-state index contributed by atoms with van der Waals surface area (Å²) in [4.78, 5) is 36.4. The van der Waals surface area contributed by atoms with E-state index >= 15 is 4.39 Å². The monoisotopic (exact) mass is 568 g/mol. The third kappa shape index (κ3) is 6.58. The first-order valence-corrected chi connectivity index (χ1v) is 13.4. The smallest absolute Gasteiger partial charge is 0.307 e. The van der Waals surface area contributed by atoms with Crippen molar-refractivity contribution in [2.75, 3.05) is 6.61 Å². The molecule has 0 saturated carbocycles. The van der Waals surface area contributed by atoms with Gasteiger partial charge in [-0.1, -0.05) is 54.6 Å². The zero-order valence-corrected chi connectivity index (χ0v) is 22.6. The van der Waals surface area contributed by atoms with Gasteiger partial charge in [-0.25, -0.2) is 4.39 Å². The number of benzene rings is 4. The molecular formula is C33H29FN2O6. The van der Waals surface area contributed by atoms with Gasteiger partial charge in [0.15, 0.2) is 0 Å². The Balaban J connectivity index is 1.49. The van der Waals surface area contributed by atoms with Crippen molar-refractivity contribution in [2.24, 2.45) is 5.73 Å². The number of carboxylic acid groups (broad SMARTS) is 1. The predicted molar refractivity (Wildman–Crippen MR) is 154 cm³/mol. The third-order valence-electron chi connectivity index (χ3n) is 6.98. The number of halogens is 1. The maximum atomic E-state index is 15.5. The van der Waals surface area contributed by atoms with Gasteiger partial charge < -0.3 is 25.6 Å². The summed E-state index contributed by atoms with van der Waals surface area (Å²) < 4.78 is 27.2. The Morgan fingerprint density at radius 2 is 1.71 bits per heavy atom. The van der Waals surface area contributed by atoms with E-state index in [-0.39, 0.29) is 48.1 Å². The van der Waals surface area contributed by atoms with E-state index in [0.717, 1.165) is 5.56 Å². The molecule has 1 atom stereocenters. The maximum absolute atomic E-state index is 15.5. The number of amides is 2. The molecule has 2 amide bonds. The highest BCUT2D eigenvalue weighted by Gasteiger charge is 2.24. The molecule has 4 aromatic rings. The molecule has 42 heavy (non-hydrogen) atoms. The number of hydrogen-bond donors (Lipinski definition) is 3. The van der Waals surface area contributed by atoms with Gasteiger partial charge in [0.05, 0.1) is 25.5 Å². The average molecular weight is 569 g/mol. The zero-order chi connectivity index (χ0) is 29.6. The molecule has 9 heteroatoms. The number of nitrogens with one attached hydrogen (secondary N) is 1. The molecular weight excluding hydrogens is 539 g/mol. The van der Waals surface area contributed by atoms with Crippen molar-refractivity contribution in [1.29, 1.82) is 0 Å². The summed E-state index contributed by atoms with van der Waals surface area (Å²) in [6, 6.07) is 23.7. The van der Waals surface area contributed by atoms with Crippen LogP contribution in [0.15, 0.2) is 84.9 Å². The van der Waals surface area contributed by atoms with E-state index < -0.39 is 17.7 Å². The summed E-state index contributed by atoms with van der Waals surface area (Å²) in [5.74, 6) is -1.52. The molecule has 8 nitrogen and oxygen atoms in total. The Morgan fingerprint density at radius 1 is 0.952 bits per heavy atom. The Hall–Kier alpha value is -5.18. The molecule has 214 valence electrons. The summed E-state index contributed by atoms with van der Waals surface area (Å²) in [6.45, 7) is 0.447. The lowest BCUT2D eigenvalue weighted by molar-refractivity contribution is -0.136. The first kappa shape index (κ1) is 28.4. The van der Waals surface area contributed by atoms with Gasteiger partial charge in [-0.3, -0.25) is 14.4 Å². The second-order valence-electron chi connectivity index (χ2n) is 10.0. The van der Waals surface area contributed by atoms with E-state index in [0.29, 0.717) is 41.2 Å². The van der Waals surface area contributed by atoms with Crippen molar-refractivity contribution in [3.8, 4) is 22.6 Å². The predicted octanol–water partition coefficient (Wildman–Crippen LogP) is 4.98. The Bertz CT molecular complexity index is 1650. The Morgan fingerprint density at radius 3 is 2.52 bits per heavy atom. The number of carboxylic acids is 1. The summed E-state index contributed by atoms with van der Waals surface area (Å²) in [6.07, 6.45) is 0.107. The van der Waals surface area contributed by atoms with Crippen LogP contribution in [0.25, 0.3) is 11.1 Å². The number of para-hydroxylation sites is 2. The highest BCUT2D eigenvalue weighted by Crippen LogP contribution is 2.33. The van der Waals surface area contributed by atoms with Crippen molar-refractivity contribution < 1.29 is 33.4 Å². The molecule has 0 saturated heterocycles. The fraction of sp³-hybridized carbons (Fsp3) is 0.182. The van der Waals surface area contributed by atoms with E-state index in [2.05, 4.69) is 5.32 Å². The lowest BCUT2D eigenvalue weighted by Gasteiger charge is -2.26. The lowest BCUT2D eigenvalue weighted by Crippen LogP contribution is -2.32. The van der Waals surface area contributed by atoms with Crippen LogP contribution in [0.2, 0.25) is 0 Å². The molecule has 0 aromatic heterocycles. The van der Waals surface area contributed by atoms with Crippen molar-refractivity contribution in [2.45, 2.75) is 31.9 Å². The highest BCUT2D eigenvalue weighted by molar-refractivity contribution is 5.96. The van der Waals surface area contributed by atoms with E-state index in [1.165, 1.54) is 6.07 Å². The van der Waals surface area contributed by atoms with Crippen LogP contribution in [0.4, 0.5) is 4.39 Å². The molecule has 0 unspecified atom stereocenters. The molecule has 1 heterocycles. The summed E-state index contributed by atoms with van der Waals surface area (Å²) >= 11 is 0. The molecule has 5 rings (SSSR count). The molecule has 0 bridgehead atoms. The minimum atomic E-state index is -0.993. The van der Waals surface area contributed by atoms with Gasteiger partial charge in [-0.2, -0.15) is 0 Å². The molecule has 1 aliphatic rings. The number of nitrogens with two attached hydrogens (primary N) is 1. The second kappa shape index (κ2) is 12.6. The number of ether oxygens (including phenoxy) is 2. The van der Waals surface area contributed by atoms with E-state index in [1.807, 2.05) is 24.3 Å². The van der Waals surface area contributed by atoms with Crippen molar-refractivity contribution in [1.82, 2.24) is 5.32 Å². The molecule has 0 fully saturated rings. The van der Waals surface area contributed by atoms with Gasteiger partial charge >= 0.3 is 5.97 Å². The number of carbonyl (C=O) groups is 3. The third-order valence-corrected chi connectivity index (χ3v) is 6.98. The molecule has 0 radical (unpaired) electrons. The van der Waals surface area contributed by atoms with E-state index in [9.17, 15) is 19.5 Å². The number of hydrogen-bond acceptors (Lipinski definition) is 5. The van der Waals surface area contributed by atoms with E-state index in [4.69, 9.17) is 15.2 Å². The summed E-state index contributed by atoms with van der Waals surface area (Å²) in [5, 5.41) is 12.3. The SMILES string of the molecule is NC(=O)Cc1cccc(-c2cc(COc3ccccc3CC(=O)O)cc(C(=O)N[C@H]3CCOc4ccccc43)c2)c1F. The summed E-state index contributed by atoms with van der Waals surface area (Å²) in [5.41, 5.74) is 8.30. The number of fused-ring (bicyclic) bond motifs is 1. The quantitative estimate of drug-likeness (QED) is 0.248. The molecule has 1 aliphatic heterocycles. The van der Waals surface area contributed by atoms with Crippen molar-refractivity contribution in [3.63, 3.8) is 0 Å². The van der Waals surface area contributed by atoms with Crippen LogP contribution >= 0.6 is 0 Å². The van der Waals surface area contributed by atoms with Crippen LogP contribution in [0.3, 0.4) is 0 Å². The minimum absolute atomic E-state index is 0.00650. The number of aliphatic carboxylic acids is 1. The molecule has 0 spiro atoms. The van der Waals surface area contributed by atoms with Crippen molar-refractivity contribution in [3.05, 3.63) is 119 Å². The van der Waals surface area contributed by atoms with Crippen LogP contribution in [0.5, 0.6) is 11.5 Å². The summed E-state index contributed by atoms with van der Waals surface area (Å²) in [7, 11) is 0. The average Bonchev–Trinajstić information content (AvgIpc) is 2.97. The molecule has 0 aliphatic carbocycles. The van der Waals surface area contributed by atoms with Gasteiger partial charge in [0, 0.05) is 28.7 Å². The number of primary amides is 1. The molecule has 4 aromatic carbocycles. The minimum Gasteiger partial charge on any atom is -0.493 e. The van der Waals surface area contributed by atoms with Gasteiger partial charge in [-0.05, 0) is 47.0 Å². The first-order valence-electron chi connectivity index (χ1n) is 13.4. The second-order valence-corrected chi connectivity index (χ2v) is 10.0. The largest absolute Gasteiger partial charge is 0.493 e. The van der Waals surface area contributed by atoms with Crippen molar-refractivity contribution >= 4 is 17.8 Å². The zero-order valence-electron chi connectivity index (χ0n) is 22.6. The fourth-order valence-corrected chi connectivity index (χ4v) is 5.04. The van der Waals surface area contributed by atoms with Crippen LogP contribution in [0, 0.1) is 5.82 Å². The standard InChI is InChI=1S/C33H29FN2O6/c34-32-22(17-30(35)37)7-5-9-25(32)23-14-20(19-42-28-10-3-1-6-21(28)18-31(38)39)15-24(16-23)33(40)36-27-12-13-41-29-11-4-2-8-26(27)29/h1-11,14-16,27H,12-13,17-19H2,(H2,35,37)(H,36,40)(H,38,39)/t27-/m0/s1.